The number of amides is 2. The lowest BCUT2D eigenvalue weighted by Crippen LogP contribution is -2.33. The van der Waals surface area contributed by atoms with Crippen molar-refractivity contribution in [3.8, 4) is 11.5 Å². The Kier molecular flexibility index (Phi) is 6.99. The molecule has 1 saturated heterocycles. The lowest BCUT2D eigenvalue weighted by molar-refractivity contribution is -0.117. The van der Waals surface area contributed by atoms with Crippen molar-refractivity contribution in [2.24, 2.45) is 5.73 Å². The average molecular weight is 442 g/mol. The Labute approximate surface area is 186 Å². The third-order valence-electron chi connectivity index (χ3n) is 5.40. The van der Waals surface area contributed by atoms with Gasteiger partial charge in [0.05, 0.1) is 31.2 Å². The van der Waals surface area contributed by atoms with Gasteiger partial charge in [0.2, 0.25) is 11.8 Å². The minimum Gasteiger partial charge on any atom is -0.490 e. The summed E-state index contributed by atoms with van der Waals surface area (Å²) in [6, 6.07) is 13.7. The number of carbonyl (C=O) groups excluding carboxylic acids is 2. The monoisotopic (exact) mass is 441 g/mol. The van der Waals surface area contributed by atoms with Gasteiger partial charge in [-0.3, -0.25) is 14.5 Å². The number of anilines is 1. The van der Waals surface area contributed by atoms with E-state index in [1.807, 2.05) is 30.3 Å². The van der Waals surface area contributed by atoms with Crippen molar-refractivity contribution in [2.45, 2.75) is 30.2 Å². The van der Waals surface area contributed by atoms with Crippen LogP contribution in [-0.4, -0.2) is 48.8 Å². The molecule has 1 atom stereocenters. The molecule has 0 radical (unpaired) electrons. The zero-order chi connectivity index (χ0) is 21.6. The summed E-state index contributed by atoms with van der Waals surface area (Å²) < 4.78 is 11.6. The Morgan fingerprint density at radius 1 is 1.10 bits per heavy atom. The fourth-order valence-corrected chi connectivity index (χ4v) is 4.75. The topological polar surface area (TPSA) is 93.9 Å². The fourth-order valence-electron chi connectivity index (χ4n) is 4.00. The van der Waals surface area contributed by atoms with Crippen LogP contribution in [-0.2, 0) is 9.59 Å². The quantitative estimate of drug-likeness (QED) is 0.641. The van der Waals surface area contributed by atoms with Crippen LogP contribution in [0.25, 0.3) is 0 Å². The van der Waals surface area contributed by atoms with E-state index >= 15 is 0 Å². The summed E-state index contributed by atoms with van der Waals surface area (Å²) in [6.07, 6.45) is 2.91. The molecule has 31 heavy (non-hydrogen) atoms. The maximum absolute atomic E-state index is 12.8. The molecule has 0 saturated carbocycles. The first-order chi connectivity index (χ1) is 15.1. The summed E-state index contributed by atoms with van der Waals surface area (Å²) in [5, 5.41) is 2.99. The number of nitrogens with zero attached hydrogens (tertiary/aromatic N) is 1. The Morgan fingerprint density at radius 3 is 2.74 bits per heavy atom. The molecule has 2 aromatic carbocycles. The van der Waals surface area contributed by atoms with Gasteiger partial charge in [0.1, 0.15) is 0 Å². The zero-order valence-corrected chi connectivity index (χ0v) is 18.2. The van der Waals surface area contributed by atoms with E-state index in [0.717, 1.165) is 47.8 Å². The summed E-state index contributed by atoms with van der Waals surface area (Å²) >= 11 is 1.32. The first-order valence-corrected chi connectivity index (χ1v) is 11.5. The number of hydrogen-bond donors (Lipinski definition) is 2. The van der Waals surface area contributed by atoms with Crippen LogP contribution in [0.3, 0.4) is 0 Å². The molecule has 7 nitrogen and oxygen atoms in total. The number of primary amides is 1. The molecule has 0 spiro atoms. The van der Waals surface area contributed by atoms with Gasteiger partial charge in [0.25, 0.3) is 0 Å². The first kappa shape index (κ1) is 21.5. The number of nitrogens with two attached hydrogens (primary N) is 1. The second-order valence-corrected chi connectivity index (χ2v) is 8.70. The highest BCUT2D eigenvalue weighted by molar-refractivity contribution is 8.00. The number of hydrogen-bond acceptors (Lipinski definition) is 6. The van der Waals surface area contributed by atoms with E-state index in [4.69, 9.17) is 15.2 Å². The largest absolute Gasteiger partial charge is 0.490 e. The van der Waals surface area contributed by atoms with Gasteiger partial charge in [-0.2, -0.15) is 0 Å². The predicted octanol–water partition coefficient (Wildman–Crippen LogP) is 3.20. The Morgan fingerprint density at radius 2 is 1.90 bits per heavy atom. The van der Waals surface area contributed by atoms with Gasteiger partial charge < -0.3 is 20.5 Å². The number of para-hydroxylation sites is 1. The van der Waals surface area contributed by atoms with Crippen molar-refractivity contribution in [2.75, 3.05) is 37.4 Å². The number of ether oxygens (including phenoxy) is 2. The molecular formula is C23H27N3O4S. The molecule has 0 bridgehead atoms. The second-order valence-electron chi connectivity index (χ2n) is 7.68. The highest BCUT2D eigenvalue weighted by Gasteiger charge is 2.28. The van der Waals surface area contributed by atoms with E-state index in [9.17, 15) is 9.59 Å². The molecular weight excluding hydrogens is 414 g/mol. The number of carbonyl (C=O) groups is 2. The highest BCUT2D eigenvalue weighted by Crippen LogP contribution is 2.38. The second kappa shape index (κ2) is 10.1. The standard InChI is InChI=1S/C23H27N3O4S/c24-22(27)15-31-21-7-2-1-5-17(21)25-23(28)14-26-10-3-6-18(26)16-8-9-19-20(13-16)30-12-4-11-29-19/h1-2,5,7-9,13,18H,3-4,6,10-12,14-15H2,(H2,24,27)(H,25,28). The molecule has 2 amide bonds. The van der Waals surface area contributed by atoms with Crippen LogP contribution in [0.15, 0.2) is 47.4 Å². The van der Waals surface area contributed by atoms with E-state index in [1.54, 1.807) is 0 Å². The molecule has 164 valence electrons. The zero-order valence-electron chi connectivity index (χ0n) is 17.3. The fraction of sp³-hybridized carbons (Fsp3) is 0.391. The van der Waals surface area contributed by atoms with Crippen LogP contribution < -0.4 is 20.5 Å². The van der Waals surface area contributed by atoms with Crippen molar-refractivity contribution in [1.29, 1.82) is 0 Å². The Bertz CT molecular complexity index is 952. The molecule has 3 N–H and O–H groups in total. The predicted molar refractivity (Wildman–Crippen MR) is 121 cm³/mol. The summed E-state index contributed by atoms with van der Waals surface area (Å²) in [6.45, 7) is 2.49. The van der Waals surface area contributed by atoms with Gasteiger partial charge in [-0.25, -0.2) is 0 Å². The van der Waals surface area contributed by atoms with Crippen molar-refractivity contribution < 1.29 is 19.1 Å². The lowest BCUT2D eigenvalue weighted by atomic mass is 10.0. The molecule has 2 aliphatic rings. The van der Waals surface area contributed by atoms with E-state index in [1.165, 1.54) is 11.8 Å². The highest BCUT2D eigenvalue weighted by atomic mass is 32.2. The molecule has 2 heterocycles. The number of nitrogens with one attached hydrogen (secondary N) is 1. The molecule has 0 aromatic heterocycles. The van der Waals surface area contributed by atoms with E-state index in [2.05, 4.69) is 22.3 Å². The Balaban J connectivity index is 1.42. The average Bonchev–Trinajstić information content (AvgIpc) is 3.08. The third kappa shape index (κ3) is 5.51. The summed E-state index contributed by atoms with van der Waals surface area (Å²) in [7, 11) is 0. The maximum Gasteiger partial charge on any atom is 0.238 e. The smallest absolute Gasteiger partial charge is 0.238 e. The van der Waals surface area contributed by atoms with Crippen LogP contribution >= 0.6 is 11.8 Å². The number of rotatable bonds is 7. The first-order valence-electron chi connectivity index (χ1n) is 10.5. The molecule has 4 rings (SSSR count). The maximum atomic E-state index is 12.8. The molecule has 1 fully saturated rings. The molecule has 0 aliphatic carbocycles. The van der Waals surface area contributed by atoms with Gasteiger partial charge in [0, 0.05) is 17.4 Å². The van der Waals surface area contributed by atoms with Gasteiger partial charge in [-0.1, -0.05) is 18.2 Å². The SMILES string of the molecule is NC(=O)CSc1ccccc1NC(=O)CN1CCCC1c1ccc2c(c1)OCCCO2. The van der Waals surface area contributed by atoms with Gasteiger partial charge in [-0.15, -0.1) is 11.8 Å². The number of fused-ring (bicyclic) bond motifs is 1. The Hall–Kier alpha value is -2.71. The summed E-state index contributed by atoms with van der Waals surface area (Å²) in [5.41, 5.74) is 7.10. The van der Waals surface area contributed by atoms with Crippen LogP contribution in [0.1, 0.15) is 30.9 Å². The number of benzene rings is 2. The third-order valence-corrected chi connectivity index (χ3v) is 6.49. The normalized spacial score (nSPS) is 18.4. The lowest BCUT2D eigenvalue weighted by Gasteiger charge is -2.25. The van der Waals surface area contributed by atoms with Crippen molar-refractivity contribution in [3.63, 3.8) is 0 Å². The molecule has 2 aliphatic heterocycles. The van der Waals surface area contributed by atoms with E-state index in [0.29, 0.717) is 25.4 Å². The summed E-state index contributed by atoms with van der Waals surface area (Å²) in [4.78, 5) is 27.0. The van der Waals surface area contributed by atoms with Gasteiger partial charge >= 0.3 is 0 Å². The van der Waals surface area contributed by atoms with Gasteiger partial charge in [0.15, 0.2) is 11.5 Å². The molecule has 2 aromatic rings. The van der Waals surface area contributed by atoms with Crippen molar-refractivity contribution in [3.05, 3.63) is 48.0 Å². The van der Waals surface area contributed by atoms with Crippen molar-refractivity contribution >= 4 is 29.3 Å². The number of thioether (sulfide) groups is 1. The number of likely N-dealkylation sites (tertiary alicyclic amines) is 1. The minimum absolute atomic E-state index is 0.0756. The molecule has 1 unspecified atom stereocenters. The van der Waals surface area contributed by atoms with E-state index < -0.39 is 0 Å². The van der Waals surface area contributed by atoms with Crippen LogP contribution in [0.5, 0.6) is 11.5 Å². The van der Waals surface area contributed by atoms with Crippen molar-refractivity contribution in [1.82, 2.24) is 4.90 Å². The van der Waals surface area contributed by atoms with Crippen LogP contribution in [0.4, 0.5) is 5.69 Å². The van der Waals surface area contributed by atoms with Crippen LogP contribution in [0.2, 0.25) is 0 Å². The van der Waals surface area contributed by atoms with Gasteiger partial charge in [-0.05, 0) is 49.2 Å². The summed E-state index contributed by atoms with van der Waals surface area (Å²) in [5.74, 6) is 1.28. The molecule has 8 heteroatoms. The minimum atomic E-state index is -0.388. The van der Waals surface area contributed by atoms with E-state index in [-0.39, 0.29) is 23.6 Å². The van der Waals surface area contributed by atoms with Crippen LogP contribution in [0, 0.1) is 0 Å².